The Morgan fingerprint density at radius 1 is 1.00 bits per heavy atom. The minimum atomic E-state index is -0.0314. The van der Waals surface area contributed by atoms with Gasteiger partial charge in [-0.15, -0.1) is 0 Å². The second kappa shape index (κ2) is 7.07. The van der Waals surface area contributed by atoms with E-state index in [1.165, 1.54) is 19.3 Å². The van der Waals surface area contributed by atoms with E-state index in [4.69, 9.17) is 0 Å². The Morgan fingerprint density at radius 3 is 2.55 bits per heavy atom. The van der Waals surface area contributed by atoms with E-state index < -0.39 is 0 Å². The van der Waals surface area contributed by atoms with Gasteiger partial charge in [0.2, 0.25) is 0 Å². The van der Waals surface area contributed by atoms with Gasteiger partial charge in [0.05, 0.1) is 17.4 Å². The average Bonchev–Trinajstić information content (AvgIpc) is 2.57. The number of carbonyl (C=O) groups is 1. The fraction of sp³-hybridized carbons (Fsp3) is 0.333. The molecule has 0 radical (unpaired) electrons. The standard InChI is InChI=1S/C18H21N3O/c22-18(21-16-9-5-2-6-10-16)14-11-17(13-19-12-14)20-15-7-3-1-4-8-15/h1,3-4,7-8,11-13,16,20H,2,5-6,9-10H2,(H,21,22). The molecule has 1 amide bonds. The first-order valence-electron chi connectivity index (χ1n) is 7.89. The molecule has 2 N–H and O–H groups in total. The molecule has 4 nitrogen and oxygen atoms in total. The summed E-state index contributed by atoms with van der Waals surface area (Å²) >= 11 is 0. The number of rotatable bonds is 4. The van der Waals surface area contributed by atoms with E-state index in [0.29, 0.717) is 11.6 Å². The van der Waals surface area contributed by atoms with Crippen LogP contribution in [-0.4, -0.2) is 16.9 Å². The summed E-state index contributed by atoms with van der Waals surface area (Å²) in [5.74, 6) is -0.0314. The molecule has 0 aliphatic heterocycles. The largest absolute Gasteiger partial charge is 0.354 e. The first kappa shape index (κ1) is 14.6. The zero-order valence-corrected chi connectivity index (χ0v) is 12.6. The van der Waals surface area contributed by atoms with Crippen LogP contribution < -0.4 is 10.6 Å². The Hall–Kier alpha value is -2.36. The summed E-state index contributed by atoms with van der Waals surface area (Å²) in [5.41, 5.74) is 2.41. The van der Waals surface area contributed by atoms with E-state index >= 15 is 0 Å². The fourth-order valence-electron chi connectivity index (χ4n) is 2.84. The number of aromatic nitrogens is 1. The molecule has 1 aromatic heterocycles. The predicted molar refractivity (Wildman–Crippen MR) is 88.3 cm³/mol. The molecule has 2 aromatic rings. The quantitative estimate of drug-likeness (QED) is 0.899. The minimum absolute atomic E-state index is 0.0314. The number of hydrogen-bond acceptors (Lipinski definition) is 3. The van der Waals surface area contributed by atoms with Crippen molar-refractivity contribution < 1.29 is 4.79 Å². The van der Waals surface area contributed by atoms with Crippen molar-refractivity contribution in [3.63, 3.8) is 0 Å². The monoisotopic (exact) mass is 295 g/mol. The molecule has 0 saturated heterocycles. The van der Waals surface area contributed by atoms with Crippen molar-refractivity contribution >= 4 is 17.3 Å². The smallest absolute Gasteiger partial charge is 0.253 e. The third-order valence-corrected chi connectivity index (χ3v) is 4.00. The molecular weight excluding hydrogens is 274 g/mol. The zero-order chi connectivity index (χ0) is 15.2. The summed E-state index contributed by atoms with van der Waals surface area (Å²) in [5, 5.41) is 6.38. The molecule has 1 fully saturated rings. The molecule has 4 heteroatoms. The van der Waals surface area contributed by atoms with Gasteiger partial charge >= 0.3 is 0 Å². The molecule has 114 valence electrons. The summed E-state index contributed by atoms with van der Waals surface area (Å²) in [7, 11) is 0. The molecule has 1 saturated carbocycles. The van der Waals surface area contributed by atoms with Crippen LogP contribution in [0.25, 0.3) is 0 Å². The highest BCUT2D eigenvalue weighted by atomic mass is 16.1. The van der Waals surface area contributed by atoms with Gasteiger partial charge in [0, 0.05) is 17.9 Å². The third kappa shape index (κ3) is 3.85. The van der Waals surface area contributed by atoms with Crippen molar-refractivity contribution in [1.29, 1.82) is 0 Å². The van der Waals surface area contributed by atoms with E-state index in [9.17, 15) is 4.79 Å². The van der Waals surface area contributed by atoms with Gasteiger partial charge in [0.1, 0.15) is 0 Å². The normalized spacial score (nSPS) is 15.3. The number of carbonyl (C=O) groups excluding carboxylic acids is 1. The van der Waals surface area contributed by atoms with Crippen LogP contribution in [0.2, 0.25) is 0 Å². The van der Waals surface area contributed by atoms with Crippen molar-refractivity contribution in [3.05, 3.63) is 54.4 Å². The summed E-state index contributed by atoms with van der Waals surface area (Å²) in [6.07, 6.45) is 9.21. The van der Waals surface area contributed by atoms with Crippen LogP contribution in [-0.2, 0) is 0 Å². The first-order chi connectivity index (χ1) is 10.8. The Balaban J connectivity index is 1.66. The number of benzene rings is 1. The van der Waals surface area contributed by atoms with E-state index in [1.807, 2.05) is 36.4 Å². The van der Waals surface area contributed by atoms with Gasteiger partial charge in [-0.1, -0.05) is 37.5 Å². The molecule has 1 aromatic carbocycles. The second-order valence-corrected chi connectivity index (χ2v) is 5.76. The van der Waals surface area contributed by atoms with Gasteiger partial charge in [0.15, 0.2) is 0 Å². The lowest BCUT2D eigenvalue weighted by atomic mass is 9.95. The maximum atomic E-state index is 12.3. The average molecular weight is 295 g/mol. The lowest BCUT2D eigenvalue weighted by Crippen LogP contribution is -2.36. The van der Waals surface area contributed by atoms with Gasteiger partial charge < -0.3 is 10.6 Å². The number of pyridine rings is 1. The Bertz CT molecular complexity index is 621. The van der Waals surface area contributed by atoms with Crippen LogP contribution in [0, 0.1) is 0 Å². The molecule has 0 spiro atoms. The van der Waals surface area contributed by atoms with Crippen LogP contribution >= 0.6 is 0 Å². The van der Waals surface area contributed by atoms with Gasteiger partial charge in [0.25, 0.3) is 5.91 Å². The topological polar surface area (TPSA) is 54.0 Å². The molecule has 0 bridgehead atoms. The summed E-state index contributed by atoms with van der Waals surface area (Å²) in [6, 6.07) is 12.0. The molecule has 0 atom stereocenters. The van der Waals surface area contributed by atoms with Crippen molar-refractivity contribution in [2.24, 2.45) is 0 Å². The molecule has 1 heterocycles. The second-order valence-electron chi connectivity index (χ2n) is 5.76. The summed E-state index contributed by atoms with van der Waals surface area (Å²) < 4.78 is 0. The van der Waals surface area contributed by atoms with Crippen LogP contribution in [0.15, 0.2) is 48.8 Å². The summed E-state index contributed by atoms with van der Waals surface area (Å²) in [4.78, 5) is 16.5. The molecule has 1 aliphatic rings. The third-order valence-electron chi connectivity index (χ3n) is 4.00. The molecule has 22 heavy (non-hydrogen) atoms. The number of nitrogens with zero attached hydrogens (tertiary/aromatic N) is 1. The lowest BCUT2D eigenvalue weighted by molar-refractivity contribution is 0.0927. The number of para-hydroxylation sites is 1. The number of nitrogens with one attached hydrogen (secondary N) is 2. The SMILES string of the molecule is O=C(NC1CCCCC1)c1cncc(Nc2ccccc2)c1. The maximum absolute atomic E-state index is 12.3. The highest BCUT2D eigenvalue weighted by Crippen LogP contribution is 2.19. The van der Waals surface area contributed by atoms with Crippen molar-refractivity contribution in [3.8, 4) is 0 Å². The van der Waals surface area contributed by atoms with Crippen molar-refractivity contribution in [1.82, 2.24) is 10.3 Å². The van der Waals surface area contributed by atoms with Crippen LogP contribution in [0.5, 0.6) is 0 Å². The number of amides is 1. The van der Waals surface area contributed by atoms with E-state index in [0.717, 1.165) is 24.2 Å². The van der Waals surface area contributed by atoms with Crippen LogP contribution in [0.3, 0.4) is 0 Å². The molecule has 0 unspecified atom stereocenters. The molecule has 1 aliphatic carbocycles. The highest BCUT2D eigenvalue weighted by Gasteiger charge is 2.17. The Labute approximate surface area is 131 Å². The maximum Gasteiger partial charge on any atom is 0.253 e. The van der Waals surface area contributed by atoms with Crippen LogP contribution in [0.1, 0.15) is 42.5 Å². The van der Waals surface area contributed by atoms with E-state index in [2.05, 4.69) is 15.6 Å². The van der Waals surface area contributed by atoms with Crippen LogP contribution in [0.4, 0.5) is 11.4 Å². The predicted octanol–water partition coefficient (Wildman–Crippen LogP) is 3.89. The van der Waals surface area contributed by atoms with Crippen molar-refractivity contribution in [2.45, 2.75) is 38.1 Å². The van der Waals surface area contributed by atoms with E-state index in [-0.39, 0.29) is 5.91 Å². The fourth-order valence-corrected chi connectivity index (χ4v) is 2.84. The minimum Gasteiger partial charge on any atom is -0.354 e. The first-order valence-corrected chi connectivity index (χ1v) is 7.89. The van der Waals surface area contributed by atoms with Crippen molar-refractivity contribution in [2.75, 3.05) is 5.32 Å². The van der Waals surface area contributed by atoms with Gasteiger partial charge in [-0.25, -0.2) is 0 Å². The van der Waals surface area contributed by atoms with Gasteiger partial charge in [-0.05, 0) is 31.0 Å². The molecule has 3 rings (SSSR count). The molecular formula is C18H21N3O. The Morgan fingerprint density at radius 2 is 1.77 bits per heavy atom. The number of anilines is 2. The lowest BCUT2D eigenvalue weighted by Gasteiger charge is -2.22. The Kier molecular flexibility index (Phi) is 4.68. The van der Waals surface area contributed by atoms with E-state index in [1.54, 1.807) is 12.4 Å². The van der Waals surface area contributed by atoms with Gasteiger partial charge in [-0.2, -0.15) is 0 Å². The number of hydrogen-bond donors (Lipinski definition) is 2. The summed E-state index contributed by atoms with van der Waals surface area (Å²) in [6.45, 7) is 0. The zero-order valence-electron chi connectivity index (χ0n) is 12.6. The highest BCUT2D eigenvalue weighted by molar-refractivity contribution is 5.95. The van der Waals surface area contributed by atoms with Gasteiger partial charge in [-0.3, -0.25) is 9.78 Å².